The molecule has 0 saturated carbocycles. The Kier molecular flexibility index (Phi) is 9.13. The maximum absolute atomic E-state index is 12.7. The molecule has 206 valence electrons. The molecule has 0 aliphatic rings. The van der Waals surface area contributed by atoms with E-state index in [1.807, 2.05) is 0 Å². The van der Waals surface area contributed by atoms with Crippen molar-refractivity contribution in [2.75, 3.05) is 0 Å². The van der Waals surface area contributed by atoms with Crippen molar-refractivity contribution in [3.8, 4) is 17.2 Å². The van der Waals surface area contributed by atoms with Gasteiger partial charge >= 0.3 is 17.6 Å². The molecule has 4 aromatic rings. The summed E-state index contributed by atoms with van der Waals surface area (Å²) in [6.07, 6.45) is 0.106. The Labute approximate surface area is 234 Å². The normalized spacial score (nSPS) is 11.3. The number of nitro groups is 1. The summed E-state index contributed by atoms with van der Waals surface area (Å²) in [6.45, 7) is 1.41. The largest absolute Gasteiger partial charge is 0.474 e. The minimum Gasteiger partial charge on any atom is -0.474 e. The molecule has 0 heterocycles. The lowest BCUT2D eigenvalue weighted by molar-refractivity contribution is -0.386. The van der Waals surface area contributed by atoms with E-state index >= 15 is 0 Å². The zero-order valence-corrected chi connectivity index (χ0v) is 21.6. The topological polar surface area (TPSA) is 146 Å². The SMILES string of the molecule is C[C@@H](Oc1ccccc1[N+](=O)[O-])C(=O)N/N=C\c1ccc(OC(=O)c2ccccc2)cc1OC(=O)c1ccccc1. The minimum absolute atomic E-state index is 0.0134. The maximum Gasteiger partial charge on any atom is 0.343 e. The van der Waals surface area contributed by atoms with Gasteiger partial charge in [-0.3, -0.25) is 14.9 Å². The molecule has 0 bridgehead atoms. The van der Waals surface area contributed by atoms with Gasteiger partial charge in [0.2, 0.25) is 0 Å². The highest BCUT2D eigenvalue weighted by Crippen LogP contribution is 2.27. The molecule has 11 nitrogen and oxygen atoms in total. The molecule has 1 atom stereocenters. The van der Waals surface area contributed by atoms with Crippen LogP contribution in [0.1, 0.15) is 33.2 Å². The van der Waals surface area contributed by atoms with Crippen molar-refractivity contribution in [3.05, 3.63) is 130 Å². The van der Waals surface area contributed by atoms with Gasteiger partial charge in [0, 0.05) is 17.7 Å². The van der Waals surface area contributed by atoms with Gasteiger partial charge in [0.05, 0.1) is 22.3 Å². The van der Waals surface area contributed by atoms with E-state index in [2.05, 4.69) is 10.5 Å². The van der Waals surface area contributed by atoms with Crippen molar-refractivity contribution in [3.63, 3.8) is 0 Å². The predicted molar refractivity (Wildman–Crippen MR) is 148 cm³/mol. The van der Waals surface area contributed by atoms with Gasteiger partial charge in [-0.15, -0.1) is 0 Å². The molecule has 0 aromatic heterocycles. The Morgan fingerprint density at radius 1 is 0.805 bits per heavy atom. The summed E-state index contributed by atoms with van der Waals surface area (Å²) in [5.74, 6) is -1.90. The van der Waals surface area contributed by atoms with Crippen LogP contribution in [0.25, 0.3) is 0 Å². The summed E-state index contributed by atoms with van der Waals surface area (Å²) >= 11 is 0. The lowest BCUT2D eigenvalue weighted by Crippen LogP contribution is -2.33. The van der Waals surface area contributed by atoms with Crippen molar-refractivity contribution < 1.29 is 33.5 Å². The van der Waals surface area contributed by atoms with Crippen LogP contribution in [0, 0.1) is 10.1 Å². The third-order valence-electron chi connectivity index (χ3n) is 5.53. The standard InChI is InChI=1S/C30H23N3O8/c1-20(39-26-15-9-8-14-25(26)33(37)38)28(34)32-31-19-23-16-17-24(40-29(35)21-10-4-2-5-11-21)18-27(23)41-30(36)22-12-6-3-7-13-22/h2-20H,1H3,(H,32,34)/b31-19-/t20-/m1/s1. The van der Waals surface area contributed by atoms with Crippen LogP contribution in [0.5, 0.6) is 17.2 Å². The van der Waals surface area contributed by atoms with E-state index in [-0.39, 0.29) is 34.1 Å². The Bertz CT molecular complexity index is 1590. The molecule has 1 amide bonds. The number of esters is 2. The van der Waals surface area contributed by atoms with Crippen LogP contribution < -0.4 is 19.6 Å². The van der Waals surface area contributed by atoms with E-state index in [4.69, 9.17) is 14.2 Å². The van der Waals surface area contributed by atoms with E-state index in [1.165, 1.54) is 49.5 Å². The lowest BCUT2D eigenvalue weighted by Gasteiger charge is -2.13. The minimum atomic E-state index is -1.12. The smallest absolute Gasteiger partial charge is 0.343 e. The average Bonchev–Trinajstić information content (AvgIpc) is 2.99. The van der Waals surface area contributed by atoms with Crippen LogP contribution in [0.15, 0.2) is 108 Å². The van der Waals surface area contributed by atoms with Crippen LogP contribution in [0.2, 0.25) is 0 Å². The van der Waals surface area contributed by atoms with E-state index in [9.17, 15) is 24.5 Å². The Morgan fingerprint density at radius 2 is 1.39 bits per heavy atom. The zero-order valence-electron chi connectivity index (χ0n) is 21.6. The number of ether oxygens (including phenoxy) is 3. The highest BCUT2D eigenvalue weighted by molar-refractivity contribution is 5.94. The number of hydrogen-bond acceptors (Lipinski definition) is 9. The van der Waals surface area contributed by atoms with Gasteiger partial charge in [-0.2, -0.15) is 5.10 Å². The number of benzene rings is 4. The number of carbonyl (C=O) groups is 3. The molecule has 0 fully saturated rings. The number of hydrogen-bond donors (Lipinski definition) is 1. The monoisotopic (exact) mass is 553 g/mol. The van der Waals surface area contributed by atoms with Crippen molar-refractivity contribution >= 4 is 29.7 Å². The number of nitrogens with one attached hydrogen (secondary N) is 1. The van der Waals surface area contributed by atoms with Gasteiger partial charge in [-0.1, -0.05) is 48.5 Å². The number of rotatable bonds is 10. The highest BCUT2D eigenvalue weighted by Gasteiger charge is 2.20. The van der Waals surface area contributed by atoms with Crippen LogP contribution in [-0.4, -0.2) is 35.1 Å². The van der Waals surface area contributed by atoms with Crippen LogP contribution in [0.4, 0.5) is 5.69 Å². The summed E-state index contributed by atoms with van der Waals surface area (Å²) in [5, 5.41) is 15.1. The second kappa shape index (κ2) is 13.3. The molecular formula is C30H23N3O8. The number of nitro benzene ring substituents is 1. The summed E-state index contributed by atoms with van der Waals surface area (Å²) in [6, 6.07) is 26.6. The molecule has 11 heteroatoms. The van der Waals surface area contributed by atoms with Crippen LogP contribution in [0.3, 0.4) is 0 Å². The fourth-order valence-corrected chi connectivity index (χ4v) is 3.45. The fraction of sp³-hybridized carbons (Fsp3) is 0.0667. The summed E-state index contributed by atoms with van der Waals surface area (Å²) < 4.78 is 16.4. The van der Waals surface area contributed by atoms with Gasteiger partial charge < -0.3 is 14.2 Å². The molecule has 41 heavy (non-hydrogen) atoms. The van der Waals surface area contributed by atoms with Gasteiger partial charge in [0.25, 0.3) is 5.91 Å². The molecule has 0 spiro atoms. The average molecular weight is 554 g/mol. The van der Waals surface area contributed by atoms with Crippen LogP contribution in [-0.2, 0) is 4.79 Å². The molecule has 0 saturated heterocycles. The fourth-order valence-electron chi connectivity index (χ4n) is 3.45. The van der Waals surface area contributed by atoms with Gasteiger partial charge in [0.1, 0.15) is 11.5 Å². The second-order valence-electron chi connectivity index (χ2n) is 8.43. The van der Waals surface area contributed by atoms with Crippen LogP contribution >= 0.6 is 0 Å². The molecule has 0 unspecified atom stereocenters. The predicted octanol–water partition coefficient (Wildman–Crippen LogP) is 4.95. The quantitative estimate of drug-likeness (QED) is 0.0954. The molecule has 0 aliphatic carbocycles. The van der Waals surface area contributed by atoms with Gasteiger partial charge in [-0.05, 0) is 49.4 Å². The Balaban J connectivity index is 1.50. The number of hydrazone groups is 1. The van der Waals surface area contributed by atoms with Crippen molar-refractivity contribution in [1.29, 1.82) is 0 Å². The van der Waals surface area contributed by atoms with Crippen molar-refractivity contribution in [1.82, 2.24) is 5.43 Å². The molecule has 4 aromatic carbocycles. The van der Waals surface area contributed by atoms with E-state index in [0.29, 0.717) is 5.56 Å². The zero-order chi connectivity index (χ0) is 29.2. The van der Waals surface area contributed by atoms with Crippen molar-refractivity contribution in [2.24, 2.45) is 5.10 Å². The number of nitrogens with zero attached hydrogens (tertiary/aromatic N) is 2. The number of amides is 1. The van der Waals surface area contributed by atoms with E-state index in [1.54, 1.807) is 66.7 Å². The summed E-state index contributed by atoms with van der Waals surface area (Å²) in [5.41, 5.74) is 2.91. The number of para-hydroxylation sites is 2. The van der Waals surface area contributed by atoms with Gasteiger partial charge in [0.15, 0.2) is 11.9 Å². The first-order chi connectivity index (χ1) is 19.8. The second-order valence-corrected chi connectivity index (χ2v) is 8.43. The van der Waals surface area contributed by atoms with E-state index < -0.39 is 28.9 Å². The maximum atomic E-state index is 12.7. The first-order valence-electron chi connectivity index (χ1n) is 12.2. The van der Waals surface area contributed by atoms with E-state index in [0.717, 1.165) is 0 Å². The number of carbonyl (C=O) groups excluding carboxylic acids is 3. The lowest BCUT2D eigenvalue weighted by atomic mass is 10.2. The first kappa shape index (κ1) is 28.2. The molecule has 0 radical (unpaired) electrons. The Morgan fingerprint density at radius 3 is 2.02 bits per heavy atom. The van der Waals surface area contributed by atoms with Crippen molar-refractivity contribution in [2.45, 2.75) is 13.0 Å². The highest BCUT2D eigenvalue weighted by atomic mass is 16.6. The first-order valence-corrected chi connectivity index (χ1v) is 12.2. The third-order valence-corrected chi connectivity index (χ3v) is 5.53. The van der Waals surface area contributed by atoms with Gasteiger partial charge in [-0.25, -0.2) is 15.0 Å². The molecule has 4 rings (SSSR count). The molecular weight excluding hydrogens is 530 g/mol. The third kappa shape index (κ3) is 7.60. The Hall–Kier alpha value is -5.84. The summed E-state index contributed by atoms with van der Waals surface area (Å²) in [4.78, 5) is 48.3. The summed E-state index contributed by atoms with van der Waals surface area (Å²) in [7, 11) is 0. The molecule has 0 aliphatic heterocycles. The molecule has 1 N–H and O–H groups in total.